The Kier molecular flexibility index (Phi) is 5.11. The summed E-state index contributed by atoms with van der Waals surface area (Å²) < 4.78 is 39.4. The predicted molar refractivity (Wildman–Crippen MR) is 83.7 cm³/mol. The van der Waals surface area contributed by atoms with Gasteiger partial charge in [0.25, 0.3) is 0 Å². The standard InChI is InChI=1S/C15H15BrF3NS/c1-3-20-14(13-7-4-9(2)21-13)11-8-10(15(17,18)19)5-6-12(11)16/h4-8,14,20H,3H2,1-2H3. The lowest BCUT2D eigenvalue weighted by atomic mass is 10.0. The third kappa shape index (κ3) is 3.87. The van der Waals surface area contributed by atoms with Gasteiger partial charge in [0.2, 0.25) is 0 Å². The van der Waals surface area contributed by atoms with Gasteiger partial charge in [0.1, 0.15) is 0 Å². The van der Waals surface area contributed by atoms with Gasteiger partial charge in [0, 0.05) is 14.2 Å². The zero-order valence-electron chi connectivity index (χ0n) is 11.6. The van der Waals surface area contributed by atoms with Gasteiger partial charge < -0.3 is 5.32 Å². The lowest BCUT2D eigenvalue weighted by Gasteiger charge is -2.20. The van der Waals surface area contributed by atoms with E-state index in [0.717, 1.165) is 15.8 Å². The summed E-state index contributed by atoms with van der Waals surface area (Å²) >= 11 is 4.96. The normalized spacial score (nSPS) is 13.4. The summed E-state index contributed by atoms with van der Waals surface area (Å²) in [7, 11) is 0. The van der Waals surface area contributed by atoms with E-state index in [2.05, 4.69) is 21.2 Å². The minimum atomic E-state index is -4.34. The summed E-state index contributed by atoms with van der Waals surface area (Å²) in [6, 6.07) is 7.46. The Bertz CT molecular complexity index is 622. The first-order valence-corrected chi connectivity index (χ1v) is 8.10. The molecule has 0 spiro atoms. The van der Waals surface area contributed by atoms with E-state index in [-0.39, 0.29) is 6.04 Å². The average Bonchev–Trinajstić information content (AvgIpc) is 2.82. The highest BCUT2D eigenvalue weighted by molar-refractivity contribution is 9.10. The van der Waals surface area contributed by atoms with Crippen LogP contribution in [0.5, 0.6) is 0 Å². The summed E-state index contributed by atoms with van der Waals surface area (Å²) in [6.07, 6.45) is -4.34. The summed E-state index contributed by atoms with van der Waals surface area (Å²) in [5, 5.41) is 3.26. The second-order valence-corrected chi connectivity index (χ2v) is 6.85. The van der Waals surface area contributed by atoms with Crippen molar-refractivity contribution >= 4 is 27.3 Å². The largest absolute Gasteiger partial charge is 0.416 e. The highest BCUT2D eigenvalue weighted by Gasteiger charge is 2.32. The smallest absolute Gasteiger partial charge is 0.306 e. The van der Waals surface area contributed by atoms with Gasteiger partial charge in [-0.05, 0) is 49.4 Å². The number of rotatable bonds is 4. The Labute approximate surface area is 134 Å². The van der Waals surface area contributed by atoms with Crippen LogP contribution in [-0.2, 0) is 6.18 Å². The molecule has 0 aliphatic rings. The number of halogens is 4. The molecule has 1 N–H and O–H groups in total. The Balaban J connectivity index is 2.49. The zero-order chi connectivity index (χ0) is 15.6. The Morgan fingerprint density at radius 3 is 2.48 bits per heavy atom. The highest BCUT2D eigenvalue weighted by Crippen LogP contribution is 2.37. The highest BCUT2D eigenvalue weighted by atomic mass is 79.9. The fourth-order valence-electron chi connectivity index (χ4n) is 2.12. The quantitative estimate of drug-likeness (QED) is 0.737. The van der Waals surface area contributed by atoms with E-state index in [1.54, 1.807) is 11.3 Å². The molecular weight excluding hydrogens is 363 g/mol. The molecule has 1 aromatic heterocycles. The number of aryl methyl sites for hydroxylation is 1. The third-order valence-electron chi connectivity index (χ3n) is 3.09. The van der Waals surface area contributed by atoms with Crippen LogP contribution in [0.1, 0.15) is 33.8 Å². The van der Waals surface area contributed by atoms with Gasteiger partial charge in [-0.3, -0.25) is 0 Å². The summed E-state index contributed by atoms with van der Waals surface area (Å²) in [5.41, 5.74) is -0.0228. The topological polar surface area (TPSA) is 12.0 Å². The van der Waals surface area contributed by atoms with E-state index in [1.165, 1.54) is 12.1 Å². The van der Waals surface area contributed by atoms with Crippen molar-refractivity contribution in [3.63, 3.8) is 0 Å². The van der Waals surface area contributed by atoms with Gasteiger partial charge in [-0.2, -0.15) is 13.2 Å². The van der Waals surface area contributed by atoms with E-state index >= 15 is 0 Å². The fraction of sp³-hybridized carbons (Fsp3) is 0.333. The molecule has 0 amide bonds. The van der Waals surface area contributed by atoms with Crippen LogP contribution in [-0.4, -0.2) is 6.54 Å². The van der Waals surface area contributed by atoms with Gasteiger partial charge in [-0.25, -0.2) is 0 Å². The number of nitrogens with one attached hydrogen (secondary N) is 1. The molecule has 1 heterocycles. The van der Waals surface area contributed by atoms with Crippen molar-refractivity contribution in [3.05, 3.63) is 55.7 Å². The van der Waals surface area contributed by atoms with Crippen LogP contribution in [0, 0.1) is 6.92 Å². The molecule has 0 aliphatic carbocycles. The molecule has 1 nitrogen and oxygen atoms in total. The number of alkyl halides is 3. The molecule has 1 atom stereocenters. The third-order valence-corrected chi connectivity index (χ3v) is 4.88. The number of thiophene rings is 1. The maximum atomic E-state index is 12.9. The van der Waals surface area contributed by atoms with Crippen LogP contribution in [0.4, 0.5) is 13.2 Å². The van der Waals surface area contributed by atoms with Crippen molar-refractivity contribution in [3.8, 4) is 0 Å². The number of benzene rings is 1. The molecule has 0 saturated carbocycles. The summed E-state index contributed by atoms with van der Waals surface area (Å²) in [6.45, 7) is 4.59. The maximum Gasteiger partial charge on any atom is 0.416 e. The van der Waals surface area contributed by atoms with E-state index < -0.39 is 11.7 Å². The van der Waals surface area contributed by atoms with Crippen LogP contribution in [0.25, 0.3) is 0 Å². The molecule has 1 unspecified atom stereocenters. The zero-order valence-corrected chi connectivity index (χ0v) is 14.0. The predicted octanol–water partition coefficient (Wildman–Crippen LogP) is 5.54. The Hall–Kier alpha value is -0.850. The van der Waals surface area contributed by atoms with Crippen LogP contribution < -0.4 is 5.32 Å². The first kappa shape index (κ1) is 16.5. The van der Waals surface area contributed by atoms with Gasteiger partial charge in [-0.15, -0.1) is 11.3 Å². The fourth-order valence-corrected chi connectivity index (χ4v) is 3.57. The van der Waals surface area contributed by atoms with Crippen molar-refractivity contribution in [1.82, 2.24) is 5.32 Å². The van der Waals surface area contributed by atoms with E-state index in [0.29, 0.717) is 16.6 Å². The van der Waals surface area contributed by atoms with Crippen molar-refractivity contribution in [1.29, 1.82) is 0 Å². The molecule has 114 valence electrons. The molecule has 0 aliphatic heterocycles. The average molecular weight is 378 g/mol. The first-order valence-electron chi connectivity index (χ1n) is 6.49. The summed E-state index contributed by atoms with van der Waals surface area (Å²) in [5.74, 6) is 0. The van der Waals surface area contributed by atoms with Crippen molar-refractivity contribution in [2.45, 2.75) is 26.1 Å². The maximum absolute atomic E-state index is 12.9. The van der Waals surface area contributed by atoms with Crippen molar-refractivity contribution in [2.24, 2.45) is 0 Å². The molecule has 2 aromatic rings. The molecular formula is C15H15BrF3NS. The molecule has 0 bridgehead atoms. The molecule has 6 heteroatoms. The van der Waals surface area contributed by atoms with Crippen LogP contribution in [0.2, 0.25) is 0 Å². The minimum absolute atomic E-state index is 0.245. The van der Waals surface area contributed by atoms with E-state index in [4.69, 9.17) is 0 Å². The molecule has 1 aromatic carbocycles. The molecule has 0 fully saturated rings. The lowest BCUT2D eigenvalue weighted by Crippen LogP contribution is -2.22. The Morgan fingerprint density at radius 1 is 1.24 bits per heavy atom. The van der Waals surface area contributed by atoms with Gasteiger partial charge in [0.05, 0.1) is 11.6 Å². The number of hydrogen-bond donors (Lipinski definition) is 1. The minimum Gasteiger partial charge on any atom is -0.306 e. The second kappa shape index (κ2) is 6.50. The Morgan fingerprint density at radius 2 is 1.95 bits per heavy atom. The van der Waals surface area contributed by atoms with Crippen LogP contribution >= 0.6 is 27.3 Å². The molecule has 0 saturated heterocycles. The molecule has 21 heavy (non-hydrogen) atoms. The number of hydrogen-bond acceptors (Lipinski definition) is 2. The van der Waals surface area contributed by atoms with E-state index in [1.807, 2.05) is 26.0 Å². The van der Waals surface area contributed by atoms with Gasteiger partial charge in [0.15, 0.2) is 0 Å². The lowest BCUT2D eigenvalue weighted by molar-refractivity contribution is -0.137. The van der Waals surface area contributed by atoms with Gasteiger partial charge >= 0.3 is 6.18 Å². The first-order chi connectivity index (χ1) is 9.82. The monoisotopic (exact) mass is 377 g/mol. The molecule has 2 rings (SSSR count). The SMILES string of the molecule is CCNC(c1ccc(C)s1)c1cc(C(F)(F)F)ccc1Br. The van der Waals surface area contributed by atoms with Crippen LogP contribution in [0.3, 0.4) is 0 Å². The van der Waals surface area contributed by atoms with E-state index in [9.17, 15) is 13.2 Å². The molecule has 0 radical (unpaired) electrons. The summed E-state index contributed by atoms with van der Waals surface area (Å²) in [4.78, 5) is 2.14. The van der Waals surface area contributed by atoms with Gasteiger partial charge in [-0.1, -0.05) is 22.9 Å². The second-order valence-electron chi connectivity index (χ2n) is 4.67. The van der Waals surface area contributed by atoms with Crippen molar-refractivity contribution < 1.29 is 13.2 Å². The van der Waals surface area contributed by atoms with Crippen molar-refractivity contribution in [2.75, 3.05) is 6.54 Å². The van der Waals surface area contributed by atoms with Crippen LogP contribution in [0.15, 0.2) is 34.8 Å².